The van der Waals surface area contributed by atoms with Gasteiger partial charge in [0.05, 0.1) is 11.4 Å². The molecule has 1 N–H and O–H groups in total. The van der Waals surface area contributed by atoms with Gasteiger partial charge in [0, 0.05) is 82.4 Å². The fraction of sp³-hybridized carbons (Fsp3) is 0.0714. The molecule has 0 saturated carbocycles. The van der Waals surface area contributed by atoms with E-state index in [2.05, 4.69) is 128 Å². The van der Waals surface area contributed by atoms with Gasteiger partial charge in [-0.3, -0.25) is 9.97 Å². The molecule has 0 amide bonds. The van der Waals surface area contributed by atoms with E-state index in [4.69, 9.17) is 14.4 Å². The molecule has 11 aromatic rings. The number of rotatable bonds is 7. The zero-order chi connectivity index (χ0) is 41.2. The Morgan fingerprint density at radius 2 is 1.19 bits per heavy atom. The second-order valence-electron chi connectivity index (χ2n) is 16.0. The summed E-state index contributed by atoms with van der Waals surface area (Å²) in [6.45, 7) is 6.56. The predicted octanol–water partition coefficient (Wildman–Crippen LogP) is 14.9. The molecular weight excluding hydrogens is 942 g/mol. The van der Waals surface area contributed by atoms with Crippen LogP contribution in [0.2, 0.25) is 0 Å². The van der Waals surface area contributed by atoms with E-state index in [1.807, 2.05) is 78.9 Å². The van der Waals surface area contributed by atoms with Crippen LogP contribution in [-0.2, 0) is 21.1 Å². The topological polar surface area (TPSA) is 64.1 Å². The Labute approximate surface area is 374 Å². The summed E-state index contributed by atoms with van der Waals surface area (Å²) < 4.78 is 8.87. The largest absolute Gasteiger partial charge is 0.507 e. The van der Waals surface area contributed by atoms with Crippen LogP contribution in [0.4, 0.5) is 0 Å². The summed E-state index contributed by atoms with van der Waals surface area (Å²) in [5.41, 5.74) is 15.0. The van der Waals surface area contributed by atoms with E-state index >= 15 is 0 Å². The Morgan fingerprint density at radius 3 is 2.00 bits per heavy atom. The first-order valence-electron chi connectivity index (χ1n) is 20.7. The van der Waals surface area contributed by atoms with Crippen molar-refractivity contribution < 1.29 is 30.6 Å². The fourth-order valence-corrected chi connectivity index (χ4v) is 9.03. The fourth-order valence-electron chi connectivity index (χ4n) is 9.03. The van der Waals surface area contributed by atoms with Crippen molar-refractivity contribution in [1.29, 1.82) is 0 Å². The van der Waals surface area contributed by atoms with Gasteiger partial charge in [-0.05, 0) is 90.9 Å². The normalized spacial score (nSPS) is 11.5. The van der Waals surface area contributed by atoms with Gasteiger partial charge in [0.2, 0.25) is 0 Å². The van der Waals surface area contributed by atoms with Crippen LogP contribution in [0.25, 0.3) is 111 Å². The monoisotopic (exact) mass is 981 g/mol. The van der Waals surface area contributed by atoms with Gasteiger partial charge in [0.1, 0.15) is 16.9 Å². The molecule has 0 aliphatic carbocycles. The number of aromatic hydroxyl groups is 1. The second kappa shape index (κ2) is 15.8. The molecule has 7 aromatic carbocycles. The molecule has 0 radical (unpaired) electrons. The van der Waals surface area contributed by atoms with Crippen molar-refractivity contribution in [2.24, 2.45) is 0 Å². The first-order chi connectivity index (χ1) is 29.9. The van der Waals surface area contributed by atoms with E-state index in [0.29, 0.717) is 11.3 Å². The van der Waals surface area contributed by atoms with E-state index in [1.165, 1.54) is 10.9 Å². The second-order valence-corrected chi connectivity index (χ2v) is 16.0. The summed E-state index contributed by atoms with van der Waals surface area (Å²) in [6, 6.07) is 64.3. The SMILES string of the molecule is Cc1cc(-c2c(-c3ccc4c(c3)oc3ccccc34)c3ccccc3n2C(C)C)cc(-c2[c-]c(-c3cc(-c4ccccc4)cc(-c4ccc5ccccc5c4O)n3)ccc2)n1.[Pt]. The van der Waals surface area contributed by atoms with Crippen molar-refractivity contribution in [3.8, 4) is 73.0 Å². The van der Waals surface area contributed by atoms with Gasteiger partial charge < -0.3 is 14.1 Å². The van der Waals surface area contributed by atoms with Gasteiger partial charge in [-0.25, -0.2) is 0 Å². The van der Waals surface area contributed by atoms with Crippen LogP contribution >= 0.6 is 0 Å². The summed E-state index contributed by atoms with van der Waals surface area (Å²) in [5, 5.41) is 16.7. The minimum atomic E-state index is 0. The van der Waals surface area contributed by atoms with Crippen LogP contribution in [0, 0.1) is 13.0 Å². The molecule has 0 aliphatic heterocycles. The van der Waals surface area contributed by atoms with Gasteiger partial charge in [0.15, 0.2) is 0 Å². The average molecular weight is 982 g/mol. The Balaban J connectivity index is 0.00000458. The number of phenols is 1. The van der Waals surface area contributed by atoms with Gasteiger partial charge in [-0.1, -0.05) is 126 Å². The molecule has 6 heteroatoms. The molecule has 0 saturated heterocycles. The molecule has 62 heavy (non-hydrogen) atoms. The first-order valence-corrected chi connectivity index (χ1v) is 20.7. The van der Waals surface area contributed by atoms with Crippen LogP contribution < -0.4 is 0 Å². The number of phenolic OH excluding ortho intramolecular Hbond substituents is 1. The zero-order valence-corrected chi connectivity index (χ0v) is 36.6. The van der Waals surface area contributed by atoms with Crippen molar-refractivity contribution in [1.82, 2.24) is 14.5 Å². The number of furan rings is 1. The molecule has 0 bridgehead atoms. The van der Waals surface area contributed by atoms with E-state index in [9.17, 15) is 5.11 Å². The molecule has 4 aromatic heterocycles. The number of pyridine rings is 2. The van der Waals surface area contributed by atoms with E-state index in [-0.39, 0.29) is 32.9 Å². The van der Waals surface area contributed by atoms with Gasteiger partial charge >= 0.3 is 0 Å². The third-order valence-corrected chi connectivity index (χ3v) is 11.8. The number of aryl methyl sites for hydroxylation is 1. The molecule has 0 atom stereocenters. The number of aromatic nitrogens is 3. The molecular formula is C56H40N3O2Pt-. The molecule has 0 unspecified atom stereocenters. The Morgan fingerprint density at radius 1 is 0.532 bits per heavy atom. The number of hydrogen-bond donors (Lipinski definition) is 1. The van der Waals surface area contributed by atoms with E-state index < -0.39 is 0 Å². The number of nitrogens with zero attached hydrogens (tertiary/aromatic N) is 3. The summed E-state index contributed by atoms with van der Waals surface area (Å²) in [7, 11) is 0. The average Bonchev–Trinajstić information content (AvgIpc) is 3.85. The minimum absolute atomic E-state index is 0. The third kappa shape index (κ3) is 6.70. The van der Waals surface area contributed by atoms with Crippen LogP contribution in [0.1, 0.15) is 25.6 Å². The first kappa shape index (κ1) is 39.1. The molecule has 4 heterocycles. The van der Waals surface area contributed by atoms with Crippen molar-refractivity contribution in [2.45, 2.75) is 26.8 Å². The predicted molar refractivity (Wildman–Crippen MR) is 251 cm³/mol. The van der Waals surface area contributed by atoms with Crippen LogP contribution in [0.3, 0.4) is 0 Å². The summed E-state index contributed by atoms with van der Waals surface area (Å²) >= 11 is 0. The minimum Gasteiger partial charge on any atom is -0.507 e. The molecule has 0 spiro atoms. The smallest absolute Gasteiger partial charge is 0.136 e. The van der Waals surface area contributed by atoms with Crippen LogP contribution in [-0.4, -0.2) is 19.6 Å². The summed E-state index contributed by atoms with van der Waals surface area (Å²) in [4.78, 5) is 10.3. The third-order valence-electron chi connectivity index (χ3n) is 11.8. The Bertz CT molecular complexity index is 3490. The van der Waals surface area contributed by atoms with Crippen molar-refractivity contribution in [3.05, 3.63) is 188 Å². The molecule has 5 nitrogen and oxygen atoms in total. The molecule has 11 rings (SSSR count). The van der Waals surface area contributed by atoms with E-state index in [1.54, 1.807) is 0 Å². The molecule has 302 valence electrons. The van der Waals surface area contributed by atoms with Crippen LogP contribution in [0.5, 0.6) is 5.75 Å². The molecule has 0 fully saturated rings. The number of benzene rings is 7. The zero-order valence-electron chi connectivity index (χ0n) is 34.3. The van der Waals surface area contributed by atoms with Crippen molar-refractivity contribution >= 4 is 43.6 Å². The number of fused-ring (bicyclic) bond motifs is 5. The summed E-state index contributed by atoms with van der Waals surface area (Å²) in [5.74, 6) is 0.215. The van der Waals surface area contributed by atoms with Gasteiger partial charge in [0.25, 0.3) is 0 Å². The number of para-hydroxylation sites is 2. The van der Waals surface area contributed by atoms with Crippen molar-refractivity contribution in [2.75, 3.05) is 0 Å². The van der Waals surface area contributed by atoms with Crippen LogP contribution in [0.15, 0.2) is 180 Å². The van der Waals surface area contributed by atoms with Gasteiger partial charge in [-0.15, -0.1) is 24.3 Å². The maximum atomic E-state index is 11.6. The van der Waals surface area contributed by atoms with Gasteiger partial charge in [-0.2, -0.15) is 0 Å². The molecule has 0 aliphatic rings. The quantitative estimate of drug-likeness (QED) is 0.162. The Hall–Kier alpha value is -7.07. The Kier molecular flexibility index (Phi) is 9.93. The van der Waals surface area contributed by atoms with E-state index in [0.717, 1.165) is 94.4 Å². The standard InChI is InChI=1S/C56H40N3O2.Pt/c1-34(2)59-51-22-11-9-21-47(51)54(40-25-26-45-44-20-10-12-23-52(44)61-53(45)33-40)55(59)42-28-35(3)57-48(32-42)38-17-13-18-39(29-38)49-30-41(36-14-5-4-6-15-36)31-50(58-49)46-27-24-37-16-7-8-19-43(37)56(46)60;/h4-28,30-34,60H,1-3H3;/q-1;. The number of hydrogen-bond acceptors (Lipinski definition) is 4. The maximum absolute atomic E-state index is 11.6. The summed E-state index contributed by atoms with van der Waals surface area (Å²) in [6.07, 6.45) is 0. The van der Waals surface area contributed by atoms with Crippen molar-refractivity contribution in [3.63, 3.8) is 0 Å². The maximum Gasteiger partial charge on any atom is 0.136 e.